The zero-order valence-electron chi connectivity index (χ0n) is 18.3. The molecular weight excluding hydrogens is 428 g/mol. The molecule has 0 spiro atoms. The van der Waals surface area contributed by atoms with Crippen molar-refractivity contribution in [3.8, 4) is 0 Å². The van der Waals surface area contributed by atoms with E-state index in [1.807, 2.05) is 13.0 Å². The van der Waals surface area contributed by atoms with E-state index in [9.17, 15) is 18.3 Å². The Hall–Kier alpha value is -2.65. The van der Waals surface area contributed by atoms with Crippen LogP contribution >= 0.6 is 0 Å². The maximum atomic E-state index is 13.1. The third-order valence-electron chi connectivity index (χ3n) is 6.19. The first-order valence-corrected chi connectivity index (χ1v) is 12.6. The van der Waals surface area contributed by atoms with Gasteiger partial charge < -0.3 is 14.9 Å². The van der Waals surface area contributed by atoms with Crippen molar-refractivity contribution >= 4 is 27.5 Å². The fraction of sp³-hybridized carbons (Fsp3) is 0.478. The van der Waals surface area contributed by atoms with Crippen LogP contribution in [0.5, 0.6) is 0 Å². The fourth-order valence-electron chi connectivity index (χ4n) is 4.62. The molecule has 32 heavy (non-hydrogen) atoms. The number of carboxylic acid groups (broad SMARTS) is 1. The number of nitrogens with zero attached hydrogens (tertiary/aromatic N) is 3. The summed E-state index contributed by atoms with van der Waals surface area (Å²) in [5, 5.41) is 9.43. The highest BCUT2D eigenvalue weighted by molar-refractivity contribution is 7.92. The van der Waals surface area contributed by atoms with Crippen molar-refractivity contribution in [3.05, 3.63) is 47.7 Å². The number of rotatable bonds is 7. The molecule has 8 nitrogen and oxygen atoms in total. The number of carboxylic acids is 1. The predicted molar refractivity (Wildman–Crippen MR) is 124 cm³/mol. The number of piperidine rings is 1. The number of aromatic carboxylic acids is 1. The second-order valence-corrected chi connectivity index (χ2v) is 10.5. The van der Waals surface area contributed by atoms with Gasteiger partial charge in [0.25, 0.3) is 10.0 Å². The van der Waals surface area contributed by atoms with E-state index in [0.29, 0.717) is 11.7 Å². The van der Waals surface area contributed by atoms with Crippen LogP contribution in [-0.4, -0.2) is 62.1 Å². The van der Waals surface area contributed by atoms with Gasteiger partial charge in [0, 0.05) is 25.8 Å². The van der Waals surface area contributed by atoms with E-state index in [1.54, 1.807) is 12.1 Å². The summed E-state index contributed by atoms with van der Waals surface area (Å²) in [6.45, 7) is 6.68. The first kappa shape index (κ1) is 22.5. The predicted octanol–water partition coefficient (Wildman–Crippen LogP) is 3.20. The lowest BCUT2D eigenvalue weighted by Crippen LogP contribution is -2.41. The maximum absolute atomic E-state index is 13.1. The van der Waals surface area contributed by atoms with Gasteiger partial charge in [-0.3, -0.25) is 4.72 Å². The fourth-order valence-corrected chi connectivity index (χ4v) is 5.78. The smallest absolute Gasteiger partial charge is 0.337 e. The average Bonchev–Trinajstić information content (AvgIpc) is 3.26. The number of aromatic nitrogens is 1. The van der Waals surface area contributed by atoms with E-state index < -0.39 is 16.0 Å². The Labute approximate surface area is 189 Å². The summed E-state index contributed by atoms with van der Waals surface area (Å²) in [7, 11) is -3.89. The van der Waals surface area contributed by atoms with Gasteiger partial charge in [0.05, 0.1) is 16.1 Å². The van der Waals surface area contributed by atoms with Crippen molar-refractivity contribution in [3.63, 3.8) is 0 Å². The van der Waals surface area contributed by atoms with Crippen molar-refractivity contribution < 1.29 is 18.3 Å². The Kier molecular flexibility index (Phi) is 6.66. The molecule has 2 aromatic rings. The summed E-state index contributed by atoms with van der Waals surface area (Å²) in [6, 6.07) is 7.98. The number of hydrogen-bond acceptors (Lipinski definition) is 6. The van der Waals surface area contributed by atoms with Crippen LogP contribution in [0.4, 0.5) is 11.5 Å². The van der Waals surface area contributed by atoms with E-state index in [1.165, 1.54) is 31.2 Å². The van der Waals surface area contributed by atoms with Crippen LogP contribution in [0.3, 0.4) is 0 Å². The highest BCUT2D eigenvalue weighted by Crippen LogP contribution is 2.31. The second-order valence-electron chi connectivity index (χ2n) is 8.78. The highest BCUT2D eigenvalue weighted by atomic mass is 32.2. The Balaban J connectivity index is 1.61. The van der Waals surface area contributed by atoms with Crippen molar-refractivity contribution in [1.29, 1.82) is 0 Å². The number of nitrogens with one attached hydrogen (secondary N) is 1. The van der Waals surface area contributed by atoms with Crippen LogP contribution < -0.4 is 9.62 Å². The molecule has 3 heterocycles. The molecule has 2 fully saturated rings. The summed E-state index contributed by atoms with van der Waals surface area (Å²) in [4.78, 5) is 20.6. The van der Waals surface area contributed by atoms with Gasteiger partial charge >= 0.3 is 5.97 Å². The van der Waals surface area contributed by atoms with E-state index in [4.69, 9.17) is 0 Å². The third-order valence-corrected chi connectivity index (χ3v) is 7.55. The number of likely N-dealkylation sites (tertiary alicyclic amines) is 1. The monoisotopic (exact) mass is 458 g/mol. The van der Waals surface area contributed by atoms with E-state index in [0.717, 1.165) is 51.1 Å². The summed E-state index contributed by atoms with van der Waals surface area (Å²) < 4.78 is 28.7. The lowest BCUT2D eigenvalue weighted by Gasteiger charge is -2.36. The molecule has 9 heteroatoms. The molecule has 2 aliphatic rings. The van der Waals surface area contributed by atoms with Gasteiger partial charge in [-0.25, -0.2) is 18.2 Å². The van der Waals surface area contributed by atoms with E-state index in [-0.39, 0.29) is 16.1 Å². The normalized spacial score (nSPS) is 19.8. The quantitative estimate of drug-likeness (QED) is 0.657. The Morgan fingerprint density at radius 1 is 1.19 bits per heavy atom. The molecule has 0 aliphatic carbocycles. The molecular formula is C23H30N4O4S. The third kappa shape index (κ3) is 5.21. The van der Waals surface area contributed by atoms with Gasteiger partial charge in [0.2, 0.25) is 0 Å². The molecule has 1 aromatic carbocycles. The van der Waals surface area contributed by atoms with Crippen LogP contribution in [0.2, 0.25) is 0 Å². The molecule has 2 saturated heterocycles. The van der Waals surface area contributed by atoms with Gasteiger partial charge in [0.15, 0.2) is 5.82 Å². The van der Waals surface area contributed by atoms with Gasteiger partial charge in [-0.15, -0.1) is 0 Å². The zero-order valence-corrected chi connectivity index (χ0v) is 19.1. The maximum Gasteiger partial charge on any atom is 0.337 e. The summed E-state index contributed by atoms with van der Waals surface area (Å²) in [5.41, 5.74) is 0.973. The van der Waals surface area contributed by atoms with Gasteiger partial charge in [-0.1, -0.05) is 12.1 Å². The first-order valence-electron chi connectivity index (χ1n) is 11.1. The van der Waals surface area contributed by atoms with Crippen LogP contribution in [0.25, 0.3) is 0 Å². The molecule has 0 bridgehead atoms. The molecule has 1 aromatic heterocycles. The minimum Gasteiger partial charge on any atom is -0.478 e. The summed E-state index contributed by atoms with van der Waals surface area (Å²) in [6.07, 6.45) is 5.92. The van der Waals surface area contributed by atoms with Gasteiger partial charge in [0.1, 0.15) is 0 Å². The SMILES string of the molecule is Cc1cccc(S(=O)(=O)Nc2cc(C(=O)O)cnc2N2CCCC(CN3CCCC3)C2)c1. The Morgan fingerprint density at radius 3 is 2.69 bits per heavy atom. The molecule has 0 amide bonds. The average molecular weight is 459 g/mol. The number of benzene rings is 1. The molecule has 0 radical (unpaired) electrons. The van der Waals surface area contributed by atoms with Crippen LogP contribution in [-0.2, 0) is 10.0 Å². The molecule has 1 atom stereocenters. The molecule has 0 saturated carbocycles. The number of sulfonamides is 1. The van der Waals surface area contributed by atoms with Crippen LogP contribution in [0, 0.1) is 12.8 Å². The lowest BCUT2D eigenvalue weighted by molar-refractivity contribution is 0.0696. The van der Waals surface area contributed by atoms with Crippen molar-refractivity contribution in [2.24, 2.45) is 5.92 Å². The highest BCUT2D eigenvalue weighted by Gasteiger charge is 2.27. The van der Waals surface area contributed by atoms with Gasteiger partial charge in [-0.2, -0.15) is 0 Å². The van der Waals surface area contributed by atoms with Crippen molar-refractivity contribution in [1.82, 2.24) is 9.88 Å². The van der Waals surface area contributed by atoms with Crippen LogP contribution in [0.1, 0.15) is 41.6 Å². The van der Waals surface area contributed by atoms with Gasteiger partial charge in [-0.05, 0) is 75.4 Å². The standard InChI is InChI=1S/C23H30N4O4S/c1-17-6-4-8-20(12-17)32(30,31)25-21-13-19(23(28)29)14-24-22(21)27-11-5-7-18(16-27)15-26-9-2-3-10-26/h4,6,8,12-14,18,25H,2-3,5,7,9-11,15-16H2,1H3,(H,28,29). The number of carbonyl (C=O) groups is 1. The molecule has 2 aliphatic heterocycles. The van der Waals surface area contributed by atoms with Crippen LogP contribution in [0.15, 0.2) is 41.4 Å². The summed E-state index contributed by atoms with van der Waals surface area (Å²) in [5.74, 6) is -0.188. The summed E-state index contributed by atoms with van der Waals surface area (Å²) >= 11 is 0. The minimum atomic E-state index is -3.89. The second kappa shape index (κ2) is 9.46. The van der Waals surface area contributed by atoms with Crippen molar-refractivity contribution in [2.45, 2.75) is 37.5 Å². The number of pyridine rings is 1. The van der Waals surface area contributed by atoms with E-state index in [2.05, 4.69) is 19.5 Å². The largest absolute Gasteiger partial charge is 0.478 e. The lowest BCUT2D eigenvalue weighted by atomic mass is 9.97. The van der Waals surface area contributed by atoms with E-state index >= 15 is 0 Å². The molecule has 4 rings (SSSR count). The van der Waals surface area contributed by atoms with Crippen molar-refractivity contribution in [2.75, 3.05) is 42.3 Å². The zero-order chi connectivity index (χ0) is 22.7. The Morgan fingerprint density at radius 2 is 1.97 bits per heavy atom. The Bertz CT molecular complexity index is 1080. The first-order chi connectivity index (χ1) is 15.3. The topological polar surface area (TPSA) is 103 Å². The molecule has 2 N–H and O–H groups in total. The number of anilines is 2. The number of hydrogen-bond donors (Lipinski definition) is 2. The molecule has 172 valence electrons. The minimum absolute atomic E-state index is 0.0543. The number of aryl methyl sites for hydroxylation is 1. The molecule has 1 unspecified atom stereocenters.